The van der Waals surface area contributed by atoms with E-state index in [0.29, 0.717) is 34.9 Å². The highest BCUT2D eigenvalue weighted by molar-refractivity contribution is 5.94. The third-order valence-electron chi connectivity index (χ3n) is 5.43. The van der Waals surface area contributed by atoms with Gasteiger partial charge in [0.2, 0.25) is 5.89 Å². The van der Waals surface area contributed by atoms with Crippen molar-refractivity contribution in [1.29, 1.82) is 0 Å². The van der Waals surface area contributed by atoms with Crippen LogP contribution in [0.25, 0.3) is 17.3 Å². The van der Waals surface area contributed by atoms with Gasteiger partial charge in [0.1, 0.15) is 5.69 Å². The molecule has 3 aromatic rings. The summed E-state index contributed by atoms with van der Waals surface area (Å²) in [6.45, 7) is 9.97. The Labute approximate surface area is 177 Å². The molecule has 0 saturated carbocycles. The van der Waals surface area contributed by atoms with Gasteiger partial charge < -0.3 is 9.32 Å². The molecule has 1 amide bonds. The third-order valence-corrected chi connectivity index (χ3v) is 5.43. The van der Waals surface area contributed by atoms with Crippen LogP contribution in [0.1, 0.15) is 55.6 Å². The minimum atomic E-state index is 0.0914. The number of hydrogen-bond acceptors (Lipinski definition) is 5. The first-order valence-corrected chi connectivity index (χ1v) is 10.7. The van der Waals surface area contributed by atoms with Gasteiger partial charge in [0.05, 0.1) is 5.69 Å². The number of amides is 1. The Hall–Kier alpha value is -2.96. The summed E-state index contributed by atoms with van der Waals surface area (Å²) in [5, 5.41) is 12.8. The van der Waals surface area contributed by atoms with E-state index in [1.54, 1.807) is 6.92 Å². The summed E-state index contributed by atoms with van der Waals surface area (Å²) in [5.74, 6) is 2.01. The highest BCUT2D eigenvalue weighted by Crippen LogP contribution is 2.24. The van der Waals surface area contributed by atoms with Gasteiger partial charge in [0.15, 0.2) is 0 Å². The van der Waals surface area contributed by atoms with Crippen molar-refractivity contribution in [1.82, 2.24) is 24.9 Å². The van der Waals surface area contributed by atoms with Gasteiger partial charge in [-0.1, -0.05) is 26.8 Å². The molecule has 3 heterocycles. The monoisotopic (exact) mass is 407 g/mol. The van der Waals surface area contributed by atoms with E-state index in [1.165, 1.54) is 6.42 Å². The molecule has 1 fully saturated rings. The number of likely N-dealkylation sites (tertiary alicyclic amines) is 1. The molecule has 0 radical (unpaired) electrons. The van der Waals surface area contributed by atoms with Gasteiger partial charge in [-0.25, -0.2) is 4.68 Å². The second-order valence-electron chi connectivity index (χ2n) is 8.71. The van der Waals surface area contributed by atoms with Gasteiger partial charge in [-0.05, 0) is 55.4 Å². The van der Waals surface area contributed by atoms with Crippen LogP contribution in [0, 0.1) is 18.8 Å². The molecule has 7 heteroatoms. The van der Waals surface area contributed by atoms with Crippen molar-refractivity contribution in [2.24, 2.45) is 11.8 Å². The number of benzene rings is 1. The van der Waals surface area contributed by atoms with Gasteiger partial charge in [-0.2, -0.15) is 5.10 Å². The molecule has 0 unspecified atom stereocenters. The van der Waals surface area contributed by atoms with Crippen LogP contribution >= 0.6 is 0 Å². The fourth-order valence-electron chi connectivity index (χ4n) is 4.04. The van der Waals surface area contributed by atoms with Crippen molar-refractivity contribution < 1.29 is 9.21 Å². The number of carbonyl (C=O) groups is 1. The Morgan fingerprint density at radius 3 is 2.80 bits per heavy atom. The molecule has 0 spiro atoms. The fourth-order valence-corrected chi connectivity index (χ4v) is 4.04. The average molecular weight is 408 g/mol. The molecule has 1 atom stereocenters. The van der Waals surface area contributed by atoms with Crippen molar-refractivity contribution in [2.45, 2.75) is 47.0 Å². The number of carbonyl (C=O) groups excluding carboxylic acids is 1. The zero-order chi connectivity index (χ0) is 21.3. The van der Waals surface area contributed by atoms with Crippen LogP contribution in [-0.4, -0.2) is 43.9 Å². The van der Waals surface area contributed by atoms with E-state index in [9.17, 15) is 4.79 Å². The highest BCUT2D eigenvalue weighted by atomic mass is 16.4. The van der Waals surface area contributed by atoms with E-state index in [-0.39, 0.29) is 5.91 Å². The lowest BCUT2D eigenvalue weighted by Gasteiger charge is -2.31. The molecule has 1 aliphatic rings. The summed E-state index contributed by atoms with van der Waals surface area (Å²) in [5.41, 5.74) is 3.26. The second-order valence-corrected chi connectivity index (χ2v) is 8.71. The third kappa shape index (κ3) is 4.30. The van der Waals surface area contributed by atoms with Gasteiger partial charge in [-0.3, -0.25) is 4.79 Å². The molecular weight excluding hydrogens is 378 g/mol. The second kappa shape index (κ2) is 8.42. The van der Waals surface area contributed by atoms with Crippen LogP contribution in [0.15, 0.2) is 34.7 Å². The summed E-state index contributed by atoms with van der Waals surface area (Å²) in [6, 6.07) is 9.72. The van der Waals surface area contributed by atoms with E-state index in [1.807, 2.05) is 39.9 Å². The number of aromatic nitrogens is 4. The maximum absolute atomic E-state index is 13.1. The molecule has 1 aliphatic heterocycles. The zero-order valence-electron chi connectivity index (χ0n) is 18.1. The lowest BCUT2D eigenvalue weighted by atomic mass is 9.99. The summed E-state index contributed by atoms with van der Waals surface area (Å²) >= 11 is 0. The smallest absolute Gasteiger partial charge is 0.268 e. The molecule has 0 aliphatic carbocycles. The topological polar surface area (TPSA) is 77.1 Å². The number of hydrogen-bond donors (Lipinski definition) is 0. The van der Waals surface area contributed by atoms with Crippen molar-refractivity contribution in [3.63, 3.8) is 0 Å². The van der Waals surface area contributed by atoms with Crippen LogP contribution in [-0.2, 0) is 6.42 Å². The molecule has 158 valence electrons. The average Bonchev–Trinajstić information content (AvgIpc) is 3.33. The van der Waals surface area contributed by atoms with Crippen LogP contribution in [0.4, 0.5) is 0 Å². The van der Waals surface area contributed by atoms with Crippen molar-refractivity contribution >= 4 is 5.91 Å². The Morgan fingerprint density at radius 2 is 2.10 bits per heavy atom. The molecule has 1 aromatic carbocycles. The van der Waals surface area contributed by atoms with Crippen LogP contribution in [0.5, 0.6) is 0 Å². The predicted octanol–water partition coefficient (Wildman–Crippen LogP) is 4.30. The Bertz CT molecular complexity index is 1040. The van der Waals surface area contributed by atoms with Crippen LogP contribution in [0.2, 0.25) is 0 Å². The number of nitrogens with zero attached hydrogens (tertiary/aromatic N) is 5. The van der Waals surface area contributed by atoms with Crippen LogP contribution in [0.3, 0.4) is 0 Å². The van der Waals surface area contributed by atoms with E-state index >= 15 is 0 Å². The maximum Gasteiger partial charge on any atom is 0.268 e. The maximum atomic E-state index is 13.1. The molecule has 2 aromatic heterocycles. The van der Waals surface area contributed by atoms with Gasteiger partial charge in [-0.15, -0.1) is 10.2 Å². The van der Waals surface area contributed by atoms with E-state index in [4.69, 9.17) is 9.52 Å². The van der Waals surface area contributed by atoms with Crippen molar-refractivity contribution in [3.8, 4) is 17.3 Å². The Kier molecular flexibility index (Phi) is 5.70. The molecule has 0 N–H and O–H groups in total. The summed E-state index contributed by atoms with van der Waals surface area (Å²) in [7, 11) is 0. The number of aryl methyl sites for hydroxylation is 1. The normalized spacial score (nSPS) is 17.0. The summed E-state index contributed by atoms with van der Waals surface area (Å²) in [6.07, 6.45) is 3.10. The minimum absolute atomic E-state index is 0.0914. The summed E-state index contributed by atoms with van der Waals surface area (Å²) in [4.78, 5) is 15.1. The molecule has 7 nitrogen and oxygen atoms in total. The van der Waals surface area contributed by atoms with E-state index < -0.39 is 0 Å². The first kappa shape index (κ1) is 20.3. The lowest BCUT2D eigenvalue weighted by molar-refractivity contribution is 0.0683. The van der Waals surface area contributed by atoms with Gasteiger partial charge in [0, 0.05) is 31.3 Å². The standard InChI is InChI=1S/C23H29N5O2/c1-15(2)11-20-13-21(22-25-24-17(4)30-22)26-28(20)19-9-5-8-18(12-19)23(29)27-10-6-7-16(3)14-27/h5,8-9,12-13,15-16H,6-7,10-11,14H2,1-4H3/t16-/m0/s1. The SMILES string of the molecule is Cc1nnc(-c2cc(CC(C)C)n(-c3cccc(C(=O)N4CCC[C@H](C)C4)c3)n2)o1. The summed E-state index contributed by atoms with van der Waals surface area (Å²) < 4.78 is 7.46. The largest absolute Gasteiger partial charge is 0.420 e. The first-order valence-electron chi connectivity index (χ1n) is 10.7. The van der Waals surface area contributed by atoms with Crippen LogP contribution < -0.4 is 0 Å². The van der Waals surface area contributed by atoms with Crippen molar-refractivity contribution in [2.75, 3.05) is 13.1 Å². The number of piperidine rings is 1. The zero-order valence-corrected chi connectivity index (χ0v) is 18.1. The predicted molar refractivity (Wildman–Crippen MR) is 114 cm³/mol. The number of rotatable bonds is 5. The fraction of sp³-hybridized carbons (Fsp3) is 0.478. The Morgan fingerprint density at radius 1 is 1.27 bits per heavy atom. The molecule has 4 rings (SSSR count). The van der Waals surface area contributed by atoms with Gasteiger partial charge >= 0.3 is 0 Å². The minimum Gasteiger partial charge on any atom is -0.420 e. The highest BCUT2D eigenvalue weighted by Gasteiger charge is 2.23. The van der Waals surface area contributed by atoms with E-state index in [0.717, 1.165) is 37.3 Å². The molecular formula is C23H29N5O2. The quantitative estimate of drug-likeness (QED) is 0.630. The Balaban J connectivity index is 1.68. The molecule has 1 saturated heterocycles. The molecule has 0 bridgehead atoms. The first-order chi connectivity index (χ1) is 14.4. The molecule has 30 heavy (non-hydrogen) atoms. The lowest BCUT2D eigenvalue weighted by Crippen LogP contribution is -2.39. The van der Waals surface area contributed by atoms with E-state index in [2.05, 4.69) is 31.0 Å². The van der Waals surface area contributed by atoms with Crippen molar-refractivity contribution in [3.05, 3.63) is 47.5 Å². The van der Waals surface area contributed by atoms with Gasteiger partial charge in [0.25, 0.3) is 11.8 Å².